The summed E-state index contributed by atoms with van der Waals surface area (Å²) in [7, 11) is 0. The fraction of sp³-hybridized carbons (Fsp3) is 0.438. The number of anilines is 1. The molecule has 0 bridgehead atoms. The van der Waals surface area contributed by atoms with Gasteiger partial charge < -0.3 is 10.4 Å². The summed E-state index contributed by atoms with van der Waals surface area (Å²) in [6.45, 7) is 3.74. The topological polar surface area (TPSA) is 78.4 Å². The lowest BCUT2D eigenvalue weighted by Gasteiger charge is -2.23. The molecule has 6 nitrogen and oxygen atoms in total. The molecule has 2 atom stereocenters. The molecule has 1 saturated heterocycles. The Morgan fingerprint density at radius 2 is 2.17 bits per heavy atom. The first-order valence-electron chi connectivity index (χ1n) is 7.81. The van der Waals surface area contributed by atoms with Crippen LogP contribution in [-0.2, 0) is 6.54 Å². The molecular weight excluding hydrogens is 331 g/mol. The van der Waals surface area contributed by atoms with Crippen LogP contribution in [0.25, 0.3) is 0 Å². The third-order valence-electron chi connectivity index (χ3n) is 4.29. The molecule has 1 aromatic heterocycles. The number of nitrogens with one attached hydrogen (secondary N) is 1. The summed E-state index contributed by atoms with van der Waals surface area (Å²) in [5, 5.41) is 21.2. The average molecular weight is 350 g/mol. The van der Waals surface area contributed by atoms with Crippen LogP contribution in [0.1, 0.15) is 28.2 Å². The lowest BCUT2D eigenvalue weighted by Crippen LogP contribution is -2.34. The standard InChI is InChI=1S/C16H19FN4O2S/c1-10-6-7-21(13(10)9-22)8-14-19-20-16(24-14)15(23)18-12-4-2-11(17)3-5-12/h2-5,10,13,22H,6-9H2,1H3,(H,18,23)/t10-,13-/m1/s1. The number of aromatic nitrogens is 2. The molecule has 1 aliphatic heterocycles. The molecule has 24 heavy (non-hydrogen) atoms. The van der Waals surface area contributed by atoms with Crippen LogP contribution in [0, 0.1) is 11.7 Å². The normalized spacial score (nSPS) is 21.1. The van der Waals surface area contributed by atoms with Crippen molar-refractivity contribution in [1.29, 1.82) is 0 Å². The van der Waals surface area contributed by atoms with Crippen LogP contribution in [0.5, 0.6) is 0 Å². The minimum atomic E-state index is -0.362. The molecule has 128 valence electrons. The molecule has 0 aliphatic carbocycles. The molecule has 2 N–H and O–H groups in total. The van der Waals surface area contributed by atoms with Crippen molar-refractivity contribution in [2.75, 3.05) is 18.5 Å². The van der Waals surface area contributed by atoms with Crippen molar-refractivity contribution in [1.82, 2.24) is 15.1 Å². The van der Waals surface area contributed by atoms with Crippen LogP contribution in [0.4, 0.5) is 10.1 Å². The fourth-order valence-corrected chi connectivity index (χ4v) is 3.64. The molecule has 0 radical (unpaired) electrons. The van der Waals surface area contributed by atoms with Crippen molar-refractivity contribution < 1.29 is 14.3 Å². The number of benzene rings is 1. The number of carbonyl (C=O) groups excluding carboxylic acids is 1. The molecular formula is C16H19FN4O2S. The van der Waals surface area contributed by atoms with Gasteiger partial charge in [-0.15, -0.1) is 10.2 Å². The summed E-state index contributed by atoms with van der Waals surface area (Å²) in [6, 6.07) is 5.68. The van der Waals surface area contributed by atoms with Gasteiger partial charge in [-0.05, 0) is 43.1 Å². The van der Waals surface area contributed by atoms with E-state index in [0.717, 1.165) is 18.0 Å². The predicted octanol–water partition coefficient (Wildman–Crippen LogP) is 2.13. The number of amides is 1. The van der Waals surface area contributed by atoms with E-state index in [-0.39, 0.29) is 29.4 Å². The highest BCUT2D eigenvalue weighted by Crippen LogP contribution is 2.26. The first-order chi connectivity index (χ1) is 11.6. The van der Waals surface area contributed by atoms with Crippen LogP contribution in [0.15, 0.2) is 24.3 Å². The lowest BCUT2D eigenvalue weighted by molar-refractivity contribution is 0.102. The number of nitrogens with zero attached hydrogens (tertiary/aromatic N) is 3. The van der Waals surface area contributed by atoms with E-state index in [1.165, 1.54) is 35.6 Å². The van der Waals surface area contributed by atoms with Crippen molar-refractivity contribution >= 4 is 22.9 Å². The van der Waals surface area contributed by atoms with Crippen LogP contribution in [0.3, 0.4) is 0 Å². The molecule has 2 aromatic rings. The van der Waals surface area contributed by atoms with Crippen molar-refractivity contribution in [3.8, 4) is 0 Å². The number of aliphatic hydroxyl groups is 1. The molecule has 1 aromatic carbocycles. The third-order valence-corrected chi connectivity index (χ3v) is 5.19. The summed E-state index contributed by atoms with van der Waals surface area (Å²) in [5.74, 6) is -0.271. The van der Waals surface area contributed by atoms with Gasteiger partial charge in [0.25, 0.3) is 5.91 Å². The van der Waals surface area contributed by atoms with Gasteiger partial charge in [-0.3, -0.25) is 9.69 Å². The van der Waals surface area contributed by atoms with Gasteiger partial charge >= 0.3 is 0 Å². The first kappa shape index (κ1) is 16.9. The van der Waals surface area contributed by atoms with Crippen molar-refractivity contribution in [3.05, 3.63) is 40.1 Å². The SMILES string of the molecule is C[C@@H]1CCN(Cc2nnc(C(=O)Nc3ccc(F)cc3)s2)[C@@H]1CO. The molecule has 0 unspecified atom stereocenters. The second kappa shape index (κ2) is 7.33. The molecule has 1 aliphatic rings. The molecule has 8 heteroatoms. The number of aliphatic hydroxyl groups excluding tert-OH is 1. The largest absolute Gasteiger partial charge is 0.395 e. The van der Waals surface area contributed by atoms with Crippen LogP contribution >= 0.6 is 11.3 Å². The molecule has 1 amide bonds. The quantitative estimate of drug-likeness (QED) is 0.864. The number of carbonyl (C=O) groups is 1. The van der Waals surface area contributed by atoms with Gasteiger partial charge in [0.05, 0.1) is 13.2 Å². The number of likely N-dealkylation sites (tertiary alicyclic amines) is 1. The van der Waals surface area contributed by atoms with E-state index in [1.54, 1.807) is 0 Å². The van der Waals surface area contributed by atoms with Crippen LogP contribution in [0.2, 0.25) is 0 Å². The molecule has 0 saturated carbocycles. The van der Waals surface area contributed by atoms with Gasteiger partial charge in [-0.25, -0.2) is 4.39 Å². The lowest BCUT2D eigenvalue weighted by atomic mass is 10.0. The van der Waals surface area contributed by atoms with E-state index in [2.05, 4.69) is 27.3 Å². The molecule has 2 heterocycles. The Labute approximate surface area is 143 Å². The van der Waals surface area contributed by atoms with Crippen LogP contribution < -0.4 is 5.32 Å². The van der Waals surface area contributed by atoms with Crippen molar-refractivity contribution in [2.24, 2.45) is 5.92 Å². The van der Waals surface area contributed by atoms with Crippen molar-refractivity contribution in [2.45, 2.75) is 25.9 Å². The summed E-state index contributed by atoms with van der Waals surface area (Å²) in [5.41, 5.74) is 0.506. The van der Waals surface area contributed by atoms with Gasteiger partial charge in [0.2, 0.25) is 5.01 Å². The van der Waals surface area contributed by atoms with Gasteiger partial charge in [0, 0.05) is 11.7 Å². The predicted molar refractivity (Wildman–Crippen MR) is 89.3 cm³/mol. The molecule has 3 rings (SSSR count). The maximum Gasteiger partial charge on any atom is 0.286 e. The van der Waals surface area contributed by atoms with Gasteiger partial charge in [0.15, 0.2) is 0 Å². The fourth-order valence-electron chi connectivity index (χ4n) is 2.88. The zero-order valence-corrected chi connectivity index (χ0v) is 14.1. The van der Waals surface area contributed by atoms with Gasteiger partial charge in [-0.1, -0.05) is 18.3 Å². The Hall–Kier alpha value is -1.90. The highest BCUT2D eigenvalue weighted by Gasteiger charge is 2.31. The maximum atomic E-state index is 12.9. The summed E-state index contributed by atoms with van der Waals surface area (Å²) in [6.07, 6.45) is 1.04. The number of hydrogen-bond donors (Lipinski definition) is 2. The minimum absolute atomic E-state index is 0.123. The summed E-state index contributed by atoms with van der Waals surface area (Å²) < 4.78 is 12.9. The molecule has 0 spiro atoms. The highest BCUT2D eigenvalue weighted by atomic mass is 32.1. The summed E-state index contributed by atoms with van der Waals surface area (Å²) >= 11 is 1.23. The Morgan fingerprint density at radius 1 is 1.42 bits per heavy atom. The minimum Gasteiger partial charge on any atom is -0.395 e. The second-order valence-electron chi connectivity index (χ2n) is 5.95. The van der Waals surface area contributed by atoms with E-state index < -0.39 is 0 Å². The Morgan fingerprint density at radius 3 is 2.88 bits per heavy atom. The average Bonchev–Trinajstić information content (AvgIpc) is 3.17. The Kier molecular flexibility index (Phi) is 5.17. The number of halogens is 1. The smallest absolute Gasteiger partial charge is 0.286 e. The third kappa shape index (κ3) is 3.77. The Bertz CT molecular complexity index is 706. The van der Waals surface area contributed by atoms with Crippen molar-refractivity contribution in [3.63, 3.8) is 0 Å². The maximum absolute atomic E-state index is 12.9. The van der Waals surface area contributed by atoms with E-state index in [1.807, 2.05) is 0 Å². The zero-order chi connectivity index (χ0) is 17.1. The van der Waals surface area contributed by atoms with Gasteiger partial charge in [0.1, 0.15) is 10.8 Å². The first-order valence-corrected chi connectivity index (χ1v) is 8.62. The monoisotopic (exact) mass is 350 g/mol. The summed E-state index contributed by atoms with van der Waals surface area (Å²) in [4.78, 5) is 14.3. The molecule has 1 fully saturated rings. The Balaban J connectivity index is 1.62. The number of rotatable bonds is 5. The van der Waals surface area contributed by atoms with Crippen LogP contribution in [-0.4, -0.2) is 45.3 Å². The van der Waals surface area contributed by atoms with E-state index in [0.29, 0.717) is 18.2 Å². The van der Waals surface area contributed by atoms with E-state index >= 15 is 0 Å². The second-order valence-corrected chi connectivity index (χ2v) is 7.01. The zero-order valence-electron chi connectivity index (χ0n) is 13.3. The van der Waals surface area contributed by atoms with Gasteiger partial charge in [-0.2, -0.15) is 0 Å². The number of hydrogen-bond acceptors (Lipinski definition) is 6. The highest BCUT2D eigenvalue weighted by molar-refractivity contribution is 7.13. The van der Waals surface area contributed by atoms with E-state index in [4.69, 9.17) is 0 Å². The van der Waals surface area contributed by atoms with E-state index in [9.17, 15) is 14.3 Å².